The number of aromatic amines is 1. The Kier molecular flexibility index (Phi) is 28.1. The summed E-state index contributed by atoms with van der Waals surface area (Å²) in [6.45, 7) is 8.59. The Morgan fingerprint density at radius 2 is 1.42 bits per heavy atom. The highest BCUT2D eigenvalue weighted by molar-refractivity contribution is 7.99. The van der Waals surface area contributed by atoms with Crippen LogP contribution in [-0.2, 0) is 59.3 Å². The van der Waals surface area contributed by atoms with Crippen molar-refractivity contribution in [3.63, 3.8) is 0 Å². The number of aromatic nitrogens is 1. The fourth-order valence-electron chi connectivity index (χ4n) is 8.88. The maximum Gasteiger partial charge on any atom is 0.246 e. The maximum atomic E-state index is 14.9. The van der Waals surface area contributed by atoms with Crippen LogP contribution in [0.4, 0.5) is 5.69 Å². The minimum absolute atomic E-state index is 0.0112. The second-order valence-corrected chi connectivity index (χ2v) is 22.2. The van der Waals surface area contributed by atoms with Gasteiger partial charge in [0, 0.05) is 55.4 Å². The van der Waals surface area contributed by atoms with Gasteiger partial charge in [-0.15, -0.1) is 11.8 Å². The summed E-state index contributed by atoms with van der Waals surface area (Å²) in [7, 11) is 3.29. The van der Waals surface area contributed by atoms with Crippen molar-refractivity contribution >= 4 is 93.3 Å². The number of carbonyl (C=O) groups excluding carboxylic acids is 11. The van der Waals surface area contributed by atoms with E-state index in [9.17, 15) is 73.2 Å². The monoisotopic (exact) mass is 1220 g/mol. The number of hydrogen-bond acceptors (Lipinski definition) is 18. The van der Waals surface area contributed by atoms with Gasteiger partial charge in [-0.05, 0) is 62.2 Å². The summed E-state index contributed by atoms with van der Waals surface area (Å²) in [5.74, 6) is -11.3. The molecule has 0 saturated carbocycles. The normalized spacial score (nSPS) is 21.9. The van der Waals surface area contributed by atoms with Gasteiger partial charge in [0.2, 0.25) is 65.0 Å². The van der Waals surface area contributed by atoms with Gasteiger partial charge in [0.1, 0.15) is 42.0 Å². The SMILES string of the molecule is CCC.CCC(C)C1NC(=O)CNC(=O)CNC(=O)C([C@@H](C)C(O)CO)NC(=O)C2C[C@@H](O)CN2C(=O)C(CC(=O)NCc2ccc(NC(=O)C(C)NC(=O)CN(C)NC)cc2)NC(=O)[C@H](CSc2[nH]c3cc(O)ccc3c2C)NC(=O)CNC1=O. The van der Waals surface area contributed by atoms with Gasteiger partial charge in [-0.1, -0.05) is 59.6 Å². The number of aliphatic hydroxyl groups is 3. The number of aliphatic hydroxyl groups excluding tert-OH is 3. The number of anilines is 1. The molecule has 474 valence electrons. The van der Waals surface area contributed by atoms with Crippen LogP contribution in [0.3, 0.4) is 0 Å². The third kappa shape index (κ3) is 21.3. The molecule has 1 aromatic heterocycles. The molecule has 30 heteroatoms. The summed E-state index contributed by atoms with van der Waals surface area (Å²) in [4.78, 5) is 154. The Labute approximate surface area is 502 Å². The number of phenols is 1. The molecule has 3 heterocycles. The van der Waals surface area contributed by atoms with Crippen molar-refractivity contribution in [3.05, 3.63) is 53.6 Å². The number of aromatic hydroxyl groups is 1. The number of fused-ring (bicyclic) bond motifs is 2. The van der Waals surface area contributed by atoms with Crippen LogP contribution in [-0.4, -0.2) is 208 Å². The summed E-state index contributed by atoms with van der Waals surface area (Å²) in [5.41, 5.74) is 4.94. The highest BCUT2D eigenvalue weighted by Gasteiger charge is 2.44. The zero-order valence-electron chi connectivity index (χ0n) is 49.9. The van der Waals surface area contributed by atoms with E-state index in [1.54, 1.807) is 65.2 Å². The Balaban J connectivity index is 0.00000517. The molecule has 2 aliphatic heterocycles. The zero-order chi connectivity index (χ0) is 63.9. The number of hydrogen-bond donors (Lipinski definition) is 16. The minimum atomic E-state index is -1.83. The number of nitrogens with zero attached hydrogens (tertiary/aromatic N) is 2. The lowest BCUT2D eigenvalue weighted by molar-refractivity contribution is -0.144. The first-order valence-electron chi connectivity index (χ1n) is 28.3. The average Bonchev–Trinajstić information content (AvgIpc) is 2.22. The number of carbonyl (C=O) groups is 11. The summed E-state index contributed by atoms with van der Waals surface area (Å²) < 4.78 is 0. The quantitative estimate of drug-likeness (QED) is 0.0452. The molecule has 2 aliphatic rings. The Hall–Kier alpha value is -7.90. The first-order chi connectivity index (χ1) is 40.7. The van der Waals surface area contributed by atoms with Crippen molar-refractivity contribution in [1.29, 1.82) is 0 Å². The molecular weight excluding hydrogens is 1140 g/mol. The van der Waals surface area contributed by atoms with E-state index in [4.69, 9.17) is 0 Å². The van der Waals surface area contributed by atoms with E-state index in [-0.39, 0.29) is 24.6 Å². The van der Waals surface area contributed by atoms with E-state index in [1.807, 2.05) is 0 Å². The fraction of sp³-hybridized carbons (Fsp3) is 0.554. The molecule has 3 aromatic rings. The van der Waals surface area contributed by atoms with E-state index in [0.717, 1.165) is 27.6 Å². The van der Waals surface area contributed by atoms with Crippen LogP contribution in [0.25, 0.3) is 10.9 Å². The summed E-state index contributed by atoms with van der Waals surface area (Å²) >= 11 is 1.07. The Bertz CT molecular complexity index is 2880. The molecule has 5 rings (SSSR count). The van der Waals surface area contributed by atoms with Crippen LogP contribution in [0.15, 0.2) is 47.5 Å². The predicted octanol–water partition coefficient (Wildman–Crippen LogP) is -2.80. The van der Waals surface area contributed by atoms with Gasteiger partial charge in [0.15, 0.2) is 0 Å². The van der Waals surface area contributed by atoms with E-state index in [0.29, 0.717) is 28.2 Å². The lowest BCUT2D eigenvalue weighted by Crippen LogP contribution is -2.61. The molecule has 0 spiro atoms. The van der Waals surface area contributed by atoms with Crippen molar-refractivity contribution in [3.8, 4) is 5.75 Å². The Morgan fingerprint density at radius 1 is 0.791 bits per heavy atom. The van der Waals surface area contributed by atoms with Crippen LogP contribution in [0.5, 0.6) is 5.75 Å². The van der Waals surface area contributed by atoms with Gasteiger partial charge in [-0.2, -0.15) is 0 Å². The smallest absolute Gasteiger partial charge is 0.246 e. The van der Waals surface area contributed by atoms with Crippen molar-refractivity contribution in [2.75, 3.05) is 64.5 Å². The van der Waals surface area contributed by atoms with Gasteiger partial charge in [-0.3, -0.25) is 58.2 Å². The molecule has 0 aliphatic carbocycles. The third-order valence-corrected chi connectivity index (χ3v) is 15.4. The van der Waals surface area contributed by atoms with Gasteiger partial charge >= 0.3 is 0 Å². The molecule has 0 radical (unpaired) electrons. The van der Waals surface area contributed by atoms with Crippen LogP contribution in [0, 0.1) is 18.8 Å². The maximum absolute atomic E-state index is 14.9. The molecular formula is C56H84N14O15S. The first kappa shape index (κ1) is 70.6. The van der Waals surface area contributed by atoms with Crippen molar-refractivity contribution in [1.82, 2.24) is 68.2 Å². The molecule has 10 atom stereocenters. The largest absolute Gasteiger partial charge is 0.508 e. The number of phenolic OH excluding ortho intramolecular Hbond substituents is 1. The molecule has 11 amide bonds. The zero-order valence-corrected chi connectivity index (χ0v) is 50.7. The summed E-state index contributed by atoms with van der Waals surface area (Å²) in [6.07, 6.45) is -2.56. The van der Waals surface area contributed by atoms with E-state index in [2.05, 4.69) is 77.4 Å². The van der Waals surface area contributed by atoms with Gasteiger partial charge in [-0.25, -0.2) is 5.01 Å². The molecule has 2 fully saturated rings. The van der Waals surface area contributed by atoms with Crippen LogP contribution >= 0.6 is 11.8 Å². The van der Waals surface area contributed by atoms with Gasteiger partial charge in [0.25, 0.3) is 0 Å². The fourth-order valence-corrected chi connectivity index (χ4v) is 9.95. The number of benzene rings is 2. The number of aryl methyl sites for hydroxylation is 1. The van der Waals surface area contributed by atoms with E-state index in [1.165, 1.54) is 37.4 Å². The molecule has 29 nitrogen and oxygen atoms in total. The highest BCUT2D eigenvalue weighted by atomic mass is 32.2. The lowest BCUT2D eigenvalue weighted by Gasteiger charge is -2.32. The average molecular weight is 1230 g/mol. The number of nitrogens with one attached hydrogen (secondary N) is 12. The predicted molar refractivity (Wildman–Crippen MR) is 317 cm³/mol. The molecule has 16 N–H and O–H groups in total. The molecule has 2 saturated heterocycles. The second-order valence-electron chi connectivity index (χ2n) is 21.2. The van der Waals surface area contributed by atoms with Crippen LogP contribution in [0.2, 0.25) is 0 Å². The first-order valence-corrected chi connectivity index (χ1v) is 29.3. The molecule has 0 bridgehead atoms. The summed E-state index contributed by atoms with van der Waals surface area (Å²) in [5, 5.41) is 69.6. The molecule has 86 heavy (non-hydrogen) atoms. The summed E-state index contributed by atoms with van der Waals surface area (Å²) in [6, 6.07) is 2.17. The minimum Gasteiger partial charge on any atom is -0.508 e. The number of likely N-dealkylation sites (N-methyl/N-ethyl adjacent to an activating group) is 1. The van der Waals surface area contributed by atoms with E-state index >= 15 is 0 Å². The molecule has 2 aromatic carbocycles. The van der Waals surface area contributed by atoms with Crippen molar-refractivity contribution in [2.24, 2.45) is 11.8 Å². The number of hydrazine groups is 1. The number of thioether (sulfide) groups is 1. The van der Waals surface area contributed by atoms with Crippen molar-refractivity contribution < 1.29 is 73.2 Å². The van der Waals surface area contributed by atoms with Crippen molar-refractivity contribution in [2.45, 2.75) is 134 Å². The second kappa shape index (κ2) is 34.3. The molecule has 7 unspecified atom stereocenters. The lowest BCUT2D eigenvalue weighted by atomic mass is 9.94. The highest BCUT2D eigenvalue weighted by Crippen LogP contribution is 2.31. The van der Waals surface area contributed by atoms with Gasteiger partial charge < -0.3 is 83.5 Å². The van der Waals surface area contributed by atoms with Crippen LogP contribution < -0.4 is 58.6 Å². The number of amides is 11. The number of H-pyrrole nitrogens is 1. The topological polar surface area (TPSA) is 423 Å². The van der Waals surface area contributed by atoms with E-state index < -0.39 is 171 Å². The Morgan fingerprint density at radius 3 is 2.06 bits per heavy atom. The number of rotatable bonds is 18. The standard InChI is InChI=1S/C53H76N14O15S.C3H8/c1-8-26(2)45-50(80)58-21-42(74)61-37(25-83-52-27(3)34-14-13-32(69)15-35(34)63-52)48(78)62-36(17-40(72)55-18-30-9-11-31(12-10-30)60-47(77)29(5)59-44(76)23-66(7)54-6)53(82)67-22-33(70)16-38(67)49(79)65-46(28(4)39(71)24-68)51(81)57-19-41(73)56-20-43(75)64-45;1-3-2/h9-15,26,28-29,33,36-39,45-46,54,63,68-71H,8,16-25H2,1-7H3,(H,55,72)(H,56,73)(H,57,81)(H,58,80)(H,59,76)(H,60,77)(H,61,74)(H,62,78)(H,64,75)(H,65,79);3H2,1-2H3/t26?,28-,29?,33+,36?,37-,38?,39?,45?,46?;/m0./s1. The van der Waals surface area contributed by atoms with Gasteiger partial charge in [0.05, 0.1) is 62.0 Å². The van der Waals surface area contributed by atoms with Crippen LogP contribution in [0.1, 0.15) is 78.4 Å². The third-order valence-electron chi connectivity index (χ3n) is 14.2.